The lowest BCUT2D eigenvalue weighted by Crippen LogP contribution is -2.02. The van der Waals surface area contributed by atoms with Gasteiger partial charge in [-0.2, -0.15) is 0 Å². The Morgan fingerprint density at radius 3 is 2.65 bits per heavy atom. The highest BCUT2D eigenvalue weighted by Crippen LogP contribution is 2.25. The van der Waals surface area contributed by atoms with Gasteiger partial charge < -0.3 is 10.5 Å². The van der Waals surface area contributed by atoms with Gasteiger partial charge in [0.1, 0.15) is 12.4 Å². The minimum Gasteiger partial charge on any atom is -0.489 e. The molecule has 0 saturated heterocycles. The van der Waals surface area contributed by atoms with Crippen LogP contribution in [0, 0.1) is 6.92 Å². The molecule has 23 heavy (non-hydrogen) atoms. The van der Waals surface area contributed by atoms with Crippen LogP contribution in [0.3, 0.4) is 0 Å². The van der Waals surface area contributed by atoms with Crippen LogP contribution in [-0.2, 0) is 13.0 Å². The molecule has 3 aromatic rings. The van der Waals surface area contributed by atoms with E-state index < -0.39 is 0 Å². The predicted octanol–water partition coefficient (Wildman–Crippen LogP) is 4.01. The second kappa shape index (κ2) is 7.25. The van der Waals surface area contributed by atoms with Gasteiger partial charge in [-0.3, -0.25) is 4.98 Å². The number of fused-ring (bicyclic) bond motifs is 1. The quantitative estimate of drug-likeness (QED) is 0.748. The fraction of sp³-hybridized carbons (Fsp3) is 0.250. The van der Waals surface area contributed by atoms with Crippen molar-refractivity contribution in [2.45, 2.75) is 26.4 Å². The van der Waals surface area contributed by atoms with Crippen molar-refractivity contribution in [3.8, 4) is 5.75 Å². The summed E-state index contributed by atoms with van der Waals surface area (Å²) >= 11 is 0. The van der Waals surface area contributed by atoms with Gasteiger partial charge in [-0.25, -0.2) is 0 Å². The van der Waals surface area contributed by atoms with Crippen LogP contribution in [-0.4, -0.2) is 11.5 Å². The van der Waals surface area contributed by atoms with Gasteiger partial charge in [0.15, 0.2) is 0 Å². The zero-order valence-electron chi connectivity index (χ0n) is 13.5. The number of nitrogens with two attached hydrogens (primary N) is 1. The molecule has 2 N–H and O–H groups in total. The van der Waals surface area contributed by atoms with E-state index in [1.807, 2.05) is 37.3 Å². The number of ether oxygens (including phenoxy) is 1. The summed E-state index contributed by atoms with van der Waals surface area (Å²) in [6, 6.07) is 18.5. The Labute approximate surface area is 137 Å². The Morgan fingerprint density at radius 1 is 1.04 bits per heavy atom. The van der Waals surface area contributed by atoms with E-state index in [-0.39, 0.29) is 0 Å². The number of aryl methyl sites for hydroxylation is 2. The van der Waals surface area contributed by atoms with Crippen molar-refractivity contribution in [3.05, 3.63) is 71.4 Å². The number of hydrogen-bond acceptors (Lipinski definition) is 3. The monoisotopic (exact) mass is 306 g/mol. The Bertz CT molecular complexity index is 784. The topological polar surface area (TPSA) is 48.1 Å². The van der Waals surface area contributed by atoms with E-state index >= 15 is 0 Å². The smallest absolute Gasteiger partial charge is 0.120 e. The fourth-order valence-electron chi connectivity index (χ4n) is 2.75. The largest absolute Gasteiger partial charge is 0.489 e. The zero-order valence-corrected chi connectivity index (χ0v) is 13.5. The summed E-state index contributed by atoms with van der Waals surface area (Å²) in [5.41, 5.74) is 10.2. The molecule has 0 aliphatic carbocycles. The average molecular weight is 306 g/mol. The van der Waals surface area contributed by atoms with E-state index in [1.165, 1.54) is 5.56 Å². The van der Waals surface area contributed by atoms with E-state index in [0.717, 1.165) is 40.8 Å². The van der Waals surface area contributed by atoms with Crippen LogP contribution in [0.25, 0.3) is 10.9 Å². The van der Waals surface area contributed by atoms with Gasteiger partial charge >= 0.3 is 0 Å². The molecule has 0 saturated carbocycles. The van der Waals surface area contributed by atoms with Crippen molar-refractivity contribution < 1.29 is 4.74 Å². The first-order valence-corrected chi connectivity index (χ1v) is 8.03. The van der Waals surface area contributed by atoms with Gasteiger partial charge in [-0.05, 0) is 61.7 Å². The van der Waals surface area contributed by atoms with E-state index in [1.54, 1.807) is 0 Å². The highest BCUT2D eigenvalue weighted by atomic mass is 16.5. The molecule has 0 bridgehead atoms. The molecule has 0 atom stereocenters. The van der Waals surface area contributed by atoms with Gasteiger partial charge in [-0.1, -0.05) is 30.3 Å². The SMILES string of the molecule is Cc1cc(CCCN)c2cc(OCc3ccccc3)ccc2n1. The van der Waals surface area contributed by atoms with E-state index in [0.29, 0.717) is 13.2 Å². The number of nitrogens with zero attached hydrogens (tertiary/aromatic N) is 1. The molecule has 0 spiro atoms. The van der Waals surface area contributed by atoms with Crippen LogP contribution >= 0.6 is 0 Å². The van der Waals surface area contributed by atoms with Crippen molar-refractivity contribution in [1.29, 1.82) is 0 Å². The molecular weight excluding hydrogens is 284 g/mol. The molecule has 0 fully saturated rings. The highest BCUT2D eigenvalue weighted by molar-refractivity contribution is 5.84. The van der Waals surface area contributed by atoms with Crippen molar-refractivity contribution in [2.24, 2.45) is 5.73 Å². The molecule has 0 aliphatic rings. The number of pyridine rings is 1. The Balaban J connectivity index is 1.86. The molecule has 1 aromatic heterocycles. The van der Waals surface area contributed by atoms with Crippen molar-refractivity contribution >= 4 is 10.9 Å². The molecule has 3 nitrogen and oxygen atoms in total. The van der Waals surface area contributed by atoms with Crippen LogP contribution in [0.15, 0.2) is 54.6 Å². The minimum absolute atomic E-state index is 0.573. The summed E-state index contributed by atoms with van der Waals surface area (Å²) in [6.45, 7) is 3.31. The summed E-state index contributed by atoms with van der Waals surface area (Å²) in [5.74, 6) is 0.876. The molecule has 0 aliphatic heterocycles. The maximum atomic E-state index is 5.94. The zero-order chi connectivity index (χ0) is 16.1. The Kier molecular flexibility index (Phi) is 4.89. The lowest BCUT2D eigenvalue weighted by atomic mass is 10.0. The van der Waals surface area contributed by atoms with E-state index in [2.05, 4.69) is 29.2 Å². The van der Waals surface area contributed by atoms with Gasteiger partial charge in [0.05, 0.1) is 5.52 Å². The van der Waals surface area contributed by atoms with Crippen LogP contribution in [0.4, 0.5) is 0 Å². The van der Waals surface area contributed by atoms with E-state index in [9.17, 15) is 0 Å². The molecule has 0 amide bonds. The molecule has 0 unspecified atom stereocenters. The molecule has 2 aromatic carbocycles. The molecule has 3 rings (SSSR count). The molecule has 1 heterocycles. The first-order chi connectivity index (χ1) is 11.3. The van der Waals surface area contributed by atoms with Crippen LogP contribution in [0.5, 0.6) is 5.75 Å². The number of benzene rings is 2. The van der Waals surface area contributed by atoms with Gasteiger partial charge in [-0.15, -0.1) is 0 Å². The van der Waals surface area contributed by atoms with Crippen molar-refractivity contribution in [3.63, 3.8) is 0 Å². The number of rotatable bonds is 6. The Morgan fingerprint density at radius 2 is 1.87 bits per heavy atom. The predicted molar refractivity (Wildman–Crippen MR) is 94.6 cm³/mol. The van der Waals surface area contributed by atoms with Crippen LogP contribution in [0.2, 0.25) is 0 Å². The summed E-state index contributed by atoms with van der Waals surface area (Å²) in [5, 5.41) is 1.16. The summed E-state index contributed by atoms with van der Waals surface area (Å²) < 4.78 is 5.94. The lowest BCUT2D eigenvalue weighted by molar-refractivity contribution is 0.306. The molecule has 0 radical (unpaired) electrons. The van der Waals surface area contributed by atoms with Gasteiger partial charge in [0.25, 0.3) is 0 Å². The Hall–Kier alpha value is -2.39. The molecular formula is C20H22N2O. The lowest BCUT2D eigenvalue weighted by Gasteiger charge is -2.11. The molecule has 3 heteroatoms. The maximum absolute atomic E-state index is 5.94. The van der Waals surface area contributed by atoms with Crippen LogP contribution in [0.1, 0.15) is 23.2 Å². The molecule has 118 valence electrons. The minimum atomic E-state index is 0.573. The summed E-state index contributed by atoms with van der Waals surface area (Å²) in [7, 11) is 0. The second-order valence-electron chi connectivity index (χ2n) is 5.77. The van der Waals surface area contributed by atoms with E-state index in [4.69, 9.17) is 10.5 Å². The number of hydrogen-bond donors (Lipinski definition) is 1. The number of aromatic nitrogens is 1. The summed E-state index contributed by atoms with van der Waals surface area (Å²) in [4.78, 5) is 4.62. The van der Waals surface area contributed by atoms with Crippen LogP contribution < -0.4 is 10.5 Å². The highest BCUT2D eigenvalue weighted by Gasteiger charge is 2.06. The van der Waals surface area contributed by atoms with Crippen molar-refractivity contribution in [2.75, 3.05) is 6.54 Å². The van der Waals surface area contributed by atoms with Gasteiger partial charge in [0, 0.05) is 11.1 Å². The van der Waals surface area contributed by atoms with Crippen molar-refractivity contribution in [1.82, 2.24) is 4.98 Å². The average Bonchev–Trinajstić information content (AvgIpc) is 2.58. The first-order valence-electron chi connectivity index (χ1n) is 8.03. The third kappa shape index (κ3) is 3.88. The second-order valence-corrected chi connectivity index (χ2v) is 5.77. The van der Waals surface area contributed by atoms with Gasteiger partial charge in [0.2, 0.25) is 0 Å². The summed E-state index contributed by atoms with van der Waals surface area (Å²) in [6.07, 6.45) is 1.95. The standard InChI is InChI=1S/C20H22N2O/c1-15-12-17(8-5-11-21)19-13-18(9-10-20(19)22-15)23-14-16-6-3-2-4-7-16/h2-4,6-7,9-10,12-13H,5,8,11,14,21H2,1H3. The third-order valence-electron chi connectivity index (χ3n) is 3.89. The maximum Gasteiger partial charge on any atom is 0.120 e. The fourth-order valence-corrected chi connectivity index (χ4v) is 2.75. The first kappa shape index (κ1) is 15.5. The third-order valence-corrected chi connectivity index (χ3v) is 3.89. The normalized spacial score (nSPS) is 10.9.